The van der Waals surface area contributed by atoms with Crippen LogP contribution >= 0.6 is 0 Å². The summed E-state index contributed by atoms with van der Waals surface area (Å²) in [7, 11) is 0. The lowest BCUT2D eigenvalue weighted by Crippen LogP contribution is -2.52. The molecule has 1 aliphatic rings. The summed E-state index contributed by atoms with van der Waals surface area (Å²) in [6.45, 7) is 4.44. The molecule has 2 N–H and O–H groups in total. The first-order valence-electron chi connectivity index (χ1n) is 4.79. The van der Waals surface area contributed by atoms with Gasteiger partial charge < -0.3 is 9.94 Å². The summed E-state index contributed by atoms with van der Waals surface area (Å²) in [4.78, 5) is 11.6. The molecule has 0 aromatic heterocycles. The predicted molar refractivity (Wildman–Crippen MR) is 47.5 cm³/mol. The van der Waals surface area contributed by atoms with Crippen LogP contribution in [0.4, 0.5) is 0 Å². The number of ether oxygens (including phenoxy) is 1. The number of carbonyl (C=O) groups is 1. The summed E-state index contributed by atoms with van der Waals surface area (Å²) >= 11 is 0. The second kappa shape index (κ2) is 4.69. The number of hydrogen-bond donors (Lipinski definition) is 2. The first-order valence-corrected chi connectivity index (χ1v) is 4.79. The maximum Gasteiger partial charge on any atom is 0.181 e. The van der Waals surface area contributed by atoms with E-state index in [1.165, 1.54) is 0 Å². The second-order valence-electron chi connectivity index (χ2n) is 3.41. The van der Waals surface area contributed by atoms with Gasteiger partial charge in [-0.2, -0.15) is 5.48 Å². The Bertz CT molecular complexity index is 184. The van der Waals surface area contributed by atoms with Gasteiger partial charge in [0.15, 0.2) is 5.78 Å². The van der Waals surface area contributed by atoms with Crippen LogP contribution in [0, 0.1) is 5.92 Å². The molecule has 1 saturated heterocycles. The Labute approximate surface area is 78.2 Å². The van der Waals surface area contributed by atoms with Crippen molar-refractivity contribution in [1.82, 2.24) is 5.48 Å². The summed E-state index contributed by atoms with van der Waals surface area (Å²) in [5.41, 5.74) is 2.09. The van der Waals surface area contributed by atoms with Gasteiger partial charge >= 0.3 is 0 Å². The minimum absolute atomic E-state index is 0.0249. The predicted octanol–water partition coefficient (Wildman–Crippen LogP) is 0.738. The first kappa shape index (κ1) is 10.6. The summed E-state index contributed by atoms with van der Waals surface area (Å²) in [6, 6.07) is -0.441. The molecule has 1 heterocycles. The van der Waals surface area contributed by atoms with Crippen LogP contribution in [-0.2, 0) is 9.53 Å². The Hall–Kier alpha value is -0.450. The fraction of sp³-hybridized carbons (Fsp3) is 0.889. The molecule has 0 bridgehead atoms. The van der Waals surface area contributed by atoms with Gasteiger partial charge in [0.2, 0.25) is 0 Å². The lowest BCUT2D eigenvalue weighted by molar-refractivity contribution is -0.148. The molecule has 3 atom stereocenters. The minimum Gasteiger partial charge on any atom is -0.370 e. The van der Waals surface area contributed by atoms with Gasteiger partial charge in [-0.05, 0) is 12.8 Å². The number of hydrogen-bond acceptors (Lipinski definition) is 4. The third kappa shape index (κ3) is 2.07. The Morgan fingerprint density at radius 1 is 1.54 bits per heavy atom. The highest BCUT2D eigenvalue weighted by Crippen LogP contribution is 2.20. The van der Waals surface area contributed by atoms with Crippen molar-refractivity contribution < 1.29 is 14.7 Å². The van der Waals surface area contributed by atoms with Crippen molar-refractivity contribution in [3.8, 4) is 0 Å². The molecule has 0 saturated carbocycles. The molecule has 1 aliphatic heterocycles. The lowest BCUT2D eigenvalue weighted by atomic mass is 9.89. The zero-order chi connectivity index (χ0) is 9.84. The molecule has 0 aromatic carbocycles. The van der Waals surface area contributed by atoms with E-state index in [-0.39, 0.29) is 17.8 Å². The molecular weight excluding hydrogens is 170 g/mol. The molecule has 0 aliphatic carbocycles. The molecule has 0 radical (unpaired) electrons. The topological polar surface area (TPSA) is 58.6 Å². The number of carbonyl (C=O) groups excluding carboxylic acids is 1. The normalized spacial score (nSPS) is 35.0. The van der Waals surface area contributed by atoms with Crippen LogP contribution in [0.25, 0.3) is 0 Å². The number of nitrogens with one attached hydrogen (secondary N) is 1. The van der Waals surface area contributed by atoms with Gasteiger partial charge in [0.1, 0.15) is 6.10 Å². The Morgan fingerprint density at radius 2 is 2.23 bits per heavy atom. The van der Waals surface area contributed by atoms with Crippen LogP contribution in [0.2, 0.25) is 0 Å². The number of ketones is 1. The van der Waals surface area contributed by atoms with E-state index in [2.05, 4.69) is 5.48 Å². The van der Waals surface area contributed by atoms with Crippen molar-refractivity contribution >= 4 is 5.78 Å². The van der Waals surface area contributed by atoms with Crippen LogP contribution in [0.15, 0.2) is 0 Å². The molecule has 4 heteroatoms. The molecule has 4 nitrogen and oxygen atoms in total. The largest absolute Gasteiger partial charge is 0.370 e. The molecule has 13 heavy (non-hydrogen) atoms. The fourth-order valence-corrected chi connectivity index (χ4v) is 1.69. The van der Waals surface area contributed by atoms with E-state index in [1.807, 2.05) is 13.8 Å². The van der Waals surface area contributed by atoms with Crippen LogP contribution in [0.3, 0.4) is 0 Å². The molecule has 0 amide bonds. The van der Waals surface area contributed by atoms with Crippen molar-refractivity contribution in [3.05, 3.63) is 0 Å². The van der Waals surface area contributed by atoms with E-state index in [0.717, 1.165) is 6.42 Å². The summed E-state index contributed by atoms with van der Waals surface area (Å²) in [5, 5.41) is 8.85. The lowest BCUT2D eigenvalue weighted by Gasteiger charge is -2.33. The van der Waals surface area contributed by atoms with Crippen molar-refractivity contribution in [3.63, 3.8) is 0 Å². The third-order valence-corrected chi connectivity index (χ3v) is 2.64. The van der Waals surface area contributed by atoms with Gasteiger partial charge in [-0.25, -0.2) is 0 Å². The Morgan fingerprint density at radius 3 is 2.69 bits per heavy atom. The molecule has 0 spiro atoms. The summed E-state index contributed by atoms with van der Waals surface area (Å²) in [6.07, 6.45) is 1.17. The van der Waals surface area contributed by atoms with Gasteiger partial charge in [-0.3, -0.25) is 4.79 Å². The first-order chi connectivity index (χ1) is 6.24. The van der Waals surface area contributed by atoms with Crippen molar-refractivity contribution in [2.75, 3.05) is 6.61 Å². The second-order valence-corrected chi connectivity index (χ2v) is 3.41. The van der Waals surface area contributed by atoms with E-state index < -0.39 is 6.04 Å². The average molecular weight is 187 g/mol. The highest BCUT2D eigenvalue weighted by atomic mass is 16.5. The van der Waals surface area contributed by atoms with E-state index in [4.69, 9.17) is 9.94 Å². The van der Waals surface area contributed by atoms with Crippen molar-refractivity contribution in [2.24, 2.45) is 5.92 Å². The molecule has 0 aromatic rings. The quantitative estimate of drug-likeness (QED) is 0.640. The van der Waals surface area contributed by atoms with Gasteiger partial charge in [0.05, 0.1) is 12.6 Å². The minimum atomic E-state index is -0.441. The Kier molecular flexibility index (Phi) is 3.84. The highest BCUT2D eigenvalue weighted by molar-refractivity contribution is 5.89. The monoisotopic (exact) mass is 187 g/mol. The van der Waals surface area contributed by atoms with E-state index in [1.54, 1.807) is 0 Å². The zero-order valence-electron chi connectivity index (χ0n) is 8.12. The highest BCUT2D eigenvalue weighted by Gasteiger charge is 2.36. The van der Waals surface area contributed by atoms with E-state index in [0.29, 0.717) is 13.0 Å². The Balaban J connectivity index is 2.65. The zero-order valence-corrected chi connectivity index (χ0v) is 8.12. The fourth-order valence-electron chi connectivity index (χ4n) is 1.69. The third-order valence-electron chi connectivity index (χ3n) is 2.64. The maximum absolute atomic E-state index is 11.6. The smallest absolute Gasteiger partial charge is 0.181 e. The molecular formula is C9H17NO3. The molecule has 3 unspecified atom stereocenters. The van der Waals surface area contributed by atoms with Gasteiger partial charge in [-0.1, -0.05) is 13.8 Å². The SMILES string of the molecule is CCC1OCC(CC)C(NO)C1=O. The van der Waals surface area contributed by atoms with Gasteiger partial charge in [-0.15, -0.1) is 0 Å². The van der Waals surface area contributed by atoms with Crippen molar-refractivity contribution in [2.45, 2.75) is 38.8 Å². The maximum atomic E-state index is 11.6. The summed E-state index contributed by atoms with van der Waals surface area (Å²) in [5.74, 6) is 0.0726. The number of rotatable bonds is 3. The van der Waals surface area contributed by atoms with Crippen LogP contribution in [-0.4, -0.2) is 29.7 Å². The van der Waals surface area contributed by atoms with Crippen LogP contribution < -0.4 is 5.48 Å². The average Bonchev–Trinajstić information content (AvgIpc) is 2.17. The van der Waals surface area contributed by atoms with Crippen molar-refractivity contribution in [1.29, 1.82) is 0 Å². The standard InChI is InChI=1S/C9H17NO3/c1-3-6-5-13-7(4-2)9(11)8(6)10-12/h6-8,10,12H,3-5H2,1-2H3. The molecule has 1 fully saturated rings. The molecule has 1 rings (SSSR count). The summed E-state index contributed by atoms with van der Waals surface area (Å²) < 4.78 is 5.37. The van der Waals surface area contributed by atoms with Crippen LogP contribution in [0.1, 0.15) is 26.7 Å². The van der Waals surface area contributed by atoms with E-state index >= 15 is 0 Å². The van der Waals surface area contributed by atoms with Crippen LogP contribution in [0.5, 0.6) is 0 Å². The van der Waals surface area contributed by atoms with E-state index in [9.17, 15) is 4.79 Å². The number of Topliss-reactive ketones (excluding diaryl/α,β-unsaturated/α-hetero) is 1. The van der Waals surface area contributed by atoms with Gasteiger partial charge in [0, 0.05) is 5.92 Å². The van der Waals surface area contributed by atoms with Gasteiger partial charge in [0.25, 0.3) is 0 Å². The molecule has 76 valence electrons. The number of hydroxylamine groups is 1.